The number of benzene rings is 2. The maximum atomic E-state index is 12.1. The van der Waals surface area contributed by atoms with E-state index >= 15 is 0 Å². The number of anilines is 3. The molecule has 3 aromatic carbocycles. The zero-order valence-electron chi connectivity index (χ0n) is 14.9. The molecular formula is C20H18N4O3. The summed E-state index contributed by atoms with van der Waals surface area (Å²) >= 11 is 0. The van der Waals surface area contributed by atoms with Crippen molar-refractivity contribution in [2.24, 2.45) is 0 Å². The molecule has 0 fully saturated rings. The first kappa shape index (κ1) is 16.8. The third kappa shape index (κ3) is 3.03. The summed E-state index contributed by atoms with van der Waals surface area (Å²) in [6.45, 7) is 1.92. The van der Waals surface area contributed by atoms with Gasteiger partial charge in [-0.2, -0.15) is 0 Å². The van der Waals surface area contributed by atoms with Crippen LogP contribution in [-0.2, 0) is 0 Å². The van der Waals surface area contributed by atoms with Crippen LogP contribution in [0, 0.1) is 0 Å². The Hall–Kier alpha value is -3.61. The Morgan fingerprint density at radius 2 is 1.89 bits per heavy atom. The lowest BCUT2D eigenvalue weighted by molar-refractivity contribution is 0.414. The maximum Gasteiger partial charge on any atom is 0.253 e. The van der Waals surface area contributed by atoms with E-state index in [-0.39, 0.29) is 11.7 Å². The van der Waals surface area contributed by atoms with Crippen molar-refractivity contribution in [2.45, 2.75) is 13.0 Å². The molecule has 0 radical (unpaired) electrons. The number of hydrogen-bond donors (Lipinski definition) is 3. The second-order valence-corrected chi connectivity index (χ2v) is 6.31. The highest BCUT2D eigenvalue weighted by Crippen LogP contribution is 2.27. The van der Waals surface area contributed by atoms with Crippen LogP contribution in [-0.4, -0.2) is 17.1 Å². The minimum atomic E-state index is -0.528. The van der Waals surface area contributed by atoms with Gasteiger partial charge in [0, 0.05) is 11.7 Å². The second-order valence-electron chi connectivity index (χ2n) is 6.31. The Bertz CT molecular complexity index is 1190. The molecule has 4 rings (SSSR count). The first-order valence-corrected chi connectivity index (χ1v) is 8.51. The fourth-order valence-corrected chi connectivity index (χ4v) is 3.02. The number of fused-ring (bicyclic) bond motifs is 1. The molecule has 0 amide bonds. The molecule has 7 nitrogen and oxygen atoms in total. The van der Waals surface area contributed by atoms with Crippen LogP contribution in [0.15, 0.2) is 58.4 Å². The molecule has 0 bridgehead atoms. The monoisotopic (exact) mass is 362 g/mol. The van der Waals surface area contributed by atoms with E-state index < -0.39 is 10.9 Å². The summed E-state index contributed by atoms with van der Waals surface area (Å²) in [6, 6.07) is 12.9. The zero-order chi connectivity index (χ0) is 19.0. The van der Waals surface area contributed by atoms with Crippen molar-refractivity contribution in [3.63, 3.8) is 0 Å². The molecule has 1 heterocycles. The van der Waals surface area contributed by atoms with E-state index in [0.29, 0.717) is 11.4 Å². The van der Waals surface area contributed by atoms with Gasteiger partial charge < -0.3 is 20.4 Å². The Labute approximate surface area is 154 Å². The van der Waals surface area contributed by atoms with Crippen LogP contribution in [0.2, 0.25) is 0 Å². The van der Waals surface area contributed by atoms with Crippen LogP contribution >= 0.6 is 0 Å². The van der Waals surface area contributed by atoms with Crippen molar-refractivity contribution in [1.29, 1.82) is 0 Å². The molecule has 27 heavy (non-hydrogen) atoms. The summed E-state index contributed by atoms with van der Waals surface area (Å²) < 4.78 is 5.24. The topological polar surface area (TPSA) is 96.1 Å². The number of aromatic amines is 1. The third-order valence-corrected chi connectivity index (χ3v) is 4.55. The minimum absolute atomic E-state index is 0.168. The van der Waals surface area contributed by atoms with Gasteiger partial charge in [0.25, 0.3) is 10.9 Å². The fourth-order valence-electron chi connectivity index (χ4n) is 3.02. The van der Waals surface area contributed by atoms with Gasteiger partial charge in [-0.1, -0.05) is 12.1 Å². The van der Waals surface area contributed by atoms with E-state index in [9.17, 15) is 9.59 Å². The van der Waals surface area contributed by atoms with Crippen molar-refractivity contribution in [2.75, 3.05) is 17.7 Å². The Balaban J connectivity index is 1.58. The van der Waals surface area contributed by atoms with E-state index in [2.05, 4.69) is 20.6 Å². The lowest BCUT2D eigenvalue weighted by Crippen LogP contribution is -2.37. The van der Waals surface area contributed by atoms with Gasteiger partial charge in [-0.15, -0.1) is 0 Å². The molecule has 7 heteroatoms. The molecule has 136 valence electrons. The standard InChI is InChI=1S/C20H18N4O3/c1-11(12-4-3-5-14(8-12)27-2)23-17-18(20(26)19(17)25)24-13-6-7-15-16(9-13)22-10-21-15/h3-11,23-24H,1-2H3,(H,21,22)/t11-/m0/s1. The molecule has 3 N–H and O–H groups in total. The van der Waals surface area contributed by atoms with E-state index in [4.69, 9.17) is 4.74 Å². The van der Waals surface area contributed by atoms with Gasteiger partial charge >= 0.3 is 0 Å². The average Bonchev–Trinajstić information content (AvgIpc) is 3.18. The van der Waals surface area contributed by atoms with Crippen molar-refractivity contribution in [3.8, 4) is 5.75 Å². The average molecular weight is 362 g/mol. The zero-order valence-corrected chi connectivity index (χ0v) is 14.9. The molecule has 0 aliphatic carbocycles. The minimum Gasteiger partial charge on any atom is -0.497 e. The maximum absolute atomic E-state index is 12.1. The third-order valence-electron chi connectivity index (χ3n) is 4.55. The number of H-pyrrole nitrogens is 1. The van der Waals surface area contributed by atoms with Crippen molar-refractivity contribution >= 4 is 28.1 Å². The molecule has 0 spiro atoms. The van der Waals surface area contributed by atoms with Crippen LogP contribution in [0.25, 0.3) is 11.0 Å². The smallest absolute Gasteiger partial charge is 0.253 e. The molecule has 0 saturated carbocycles. The van der Waals surface area contributed by atoms with Crippen molar-refractivity contribution < 1.29 is 4.74 Å². The summed E-state index contributed by atoms with van der Waals surface area (Å²) in [5.74, 6) is 0.734. The Morgan fingerprint density at radius 3 is 2.70 bits per heavy atom. The fraction of sp³-hybridized carbons (Fsp3) is 0.150. The highest BCUT2D eigenvalue weighted by molar-refractivity contribution is 5.84. The second kappa shape index (κ2) is 6.60. The Morgan fingerprint density at radius 1 is 1.07 bits per heavy atom. The highest BCUT2D eigenvalue weighted by atomic mass is 16.5. The predicted octanol–water partition coefficient (Wildman–Crippen LogP) is 3.08. The summed E-state index contributed by atoms with van der Waals surface area (Å²) in [7, 11) is 1.60. The quantitative estimate of drug-likeness (QED) is 0.456. The number of aromatic nitrogens is 2. The van der Waals surface area contributed by atoms with E-state index in [0.717, 1.165) is 22.3 Å². The van der Waals surface area contributed by atoms with E-state index in [1.54, 1.807) is 13.4 Å². The number of nitrogens with one attached hydrogen (secondary N) is 3. The van der Waals surface area contributed by atoms with Crippen LogP contribution in [0.3, 0.4) is 0 Å². The number of nitrogens with zero attached hydrogens (tertiary/aromatic N) is 1. The van der Waals surface area contributed by atoms with Crippen molar-refractivity contribution in [1.82, 2.24) is 9.97 Å². The molecule has 0 aliphatic heterocycles. The molecular weight excluding hydrogens is 344 g/mol. The van der Waals surface area contributed by atoms with E-state index in [1.165, 1.54) is 0 Å². The van der Waals surface area contributed by atoms with Gasteiger partial charge in [0.1, 0.15) is 17.1 Å². The van der Waals surface area contributed by atoms with Gasteiger partial charge in [-0.05, 0) is 42.8 Å². The van der Waals surface area contributed by atoms with Crippen LogP contribution in [0.4, 0.5) is 17.1 Å². The summed E-state index contributed by atoms with van der Waals surface area (Å²) in [4.78, 5) is 31.3. The van der Waals surface area contributed by atoms with Gasteiger partial charge in [0.15, 0.2) is 0 Å². The lowest BCUT2D eigenvalue weighted by Gasteiger charge is -2.20. The van der Waals surface area contributed by atoms with Crippen LogP contribution in [0.1, 0.15) is 18.5 Å². The number of ether oxygens (including phenoxy) is 1. The number of rotatable bonds is 6. The van der Waals surface area contributed by atoms with Gasteiger partial charge in [-0.25, -0.2) is 4.98 Å². The molecule has 1 aromatic heterocycles. The number of methoxy groups -OCH3 is 1. The molecule has 4 aromatic rings. The summed E-state index contributed by atoms with van der Waals surface area (Å²) in [5, 5.41) is 6.18. The van der Waals surface area contributed by atoms with Crippen molar-refractivity contribution in [3.05, 3.63) is 74.8 Å². The summed E-state index contributed by atoms with van der Waals surface area (Å²) in [5.41, 5.74) is 2.85. The molecule has 0 unspecified atom stereocenters. The van der Waals surface area contributed by atoms with E-state index in [1.807, 2.05) is 49.4 Å². The molecule has 0 saturated heterocycles. The first-order chi connectivity index (χ1) is 13.1. The normalized spacial score (nSPS) is 12.2. The highest BCUT2D eigenvalue weighted by Gasteiger charge is 2.23. The largest absolute Gasteiger partial charge is 0.497 e. The predicted molar refractivity (Wildman–Crippen MR) is 106 cm³/mol. The molecule has 0 aliphatic rings. The van der Waals surface area contributed by atoms with Gasteiger partial charge in [0.05, 0.1) is 24.5 Å². The summed E-state index contributed by atoms with van der Waals surface area (Å²) in [6.07, 6.45) is 1.61. The van der Waals surface area contributed by atoms with Crippen LogP contribution < -0.4 is 26.2 Å². The van der Waals surface area contributed by atoms with Gasteiger partial charge in [0.2, 0.25) is 0 Å². The van der Waals surface area contributed by atoms with Gasteiger partial charge in [-0.3, -0.25) is 9.59 Å². The number of imidazole rings is 1. The Kier molecular flexibility index (Phi) is 4.12. The van der Waals surface area contributed by atoms with Crippen LogP contribution in [0.5, 0.6) is 5.75 Å². The number of hydrogen-bond acceptors (Lipinski definition) is 6. The lowest BCUT2D eigenvalue weighted by atomic mass is 10.1. The SMILES string of the molecule is COc1cccc([C@H](C)Nc2c(Nc3ccc4nc[nH]c4c3)c(=O)c2=O)c1. The molecule has 1 atom stereocenters. The first-order valence-electron chi connectivity index (χ1n) is 8.51.